The molecular formula is C21H20N2O3S. The molecule has 1 aromatic carbocycles. The number of hydrogen-bond acceptors (Lipinski definition) is 4. The number of carbonyl (C=O) groups excluding carboxylic acids is 2. The maximum absolute atomic E-state index is 12.6. The number of carbonyl (C=O) groups is 2. The molecule has 3 heterocycles. The summed E-state index contributed by atoms with van der Waals surface area (Å²) in [6, 6.07) is 13.4. The molecule has 138 valence electrons. The molecule has 5 nitrogen and oxygen atoms in total. The summed E-state index contributed by atoms with van der Waals surface area (Å²) in [5, 5.41) is 4.76. The molecule has 3 aromatic rings. The number of anilines is 1. The van der Waals surface area contributed by atoms with E-state index in [0.717, 1.165) is 39.6 Å². The lowest BCUT2D eigenvalue weighted by Gasteiger charge is -2.25. The minimum Gasteiger partial charge on any atom is -0.461 e. The van der Waals surface area contributed by atoms with Gasteiger partial charge in [0.2, 0.25) is 5.91 Å². The van der Waals surface area contributed by atoms with Gasteiger partial charge in [0.25, 0.3) is 5.91 Å². The number of rotatable bonds is 4. The molecule has 0 fully saturated rings. The SMILES string of the molecule is CCC(=O)Nc1ccc(-c2cc3c(o2)CCN(C(=O)c2cccs2)C3)cc1. The second-order valence-electron chi connectivity index (χ2n) is 6.49. The van der Waals surface area contributed by atoms with E-state index in [1.165, 1.54) is 11.3 Å². The Kier molecular flexibility index (Phi) is 4.81. The van der Waals surface area contributed by atoms with Gasteiger partial charge in [0, 0.05) is 42.7 Å². The van der Waals surface area contributed by atoms with E-state index >= 15 is 0 Å². The van der Waals surface area contributed by atoms with Crippen LogP contribution >= 0.6 is 11.3 Å². The van der Waals surface area contributed by atoms with E-state index in [1.54, 1.807) is 0 Å². The molecule has 27 heavy (non-hydrogen) atoms. The summed E-state index contributed by atoms with van der Waals surface area (Å²) in [5.41, 5.74) is 2.79. The molecule has 6 heteroatoms. The van der Waals surface area contributed by atoms with E-state index in [9.17, 15) is 9.59 Å². The van der Waals surface area contributed by atoms with Gasteiger partial charge in [-0.1, -0.05) is 13.0 Å². The third kappa shape index (κ3) is 3.66. The zero-order valence-corrected chi connectivity index (χ0v) is 15.8. The Morgan fingerprint density at radius 2 is 2.04 bits per heavy atom. The fourth-order valence-corrected chi connectivity index (χ4v) is 3.86. The Labute approximate surface area is 161 Å². The standard InChI is InChI=1S/C21H20N2O3S/c1-2-20(24)22-16-7-5-14(6-8-16)18-12-15-13-23(10-9-17(15)26-18)21(25)19-4-3-11-27-19/h3-8,11-12H,2,9-10,13H2,1H3,(H,22,24). The average molecular weight is 380 g/mol. The Morgan fingerprint density at radius 1 is 1.22 bits per heavy atom. The lowest BCUT2D eigenvalue weighted by molar-refractivity contribution is -0.115. The summed E-state index contributed by atoms with van der Waals surface area (Å²) in [7, 11) is 0. The summed E-state index contributed by atoms with van der Waals surface area (Å²) in [6.45, 7) is 3.06. The van der Waals surface area contributed by atoms with Crippen LogP contribution in [0, 0.1) is 0 Å². The minimum absolute atomic E-state index is 0.00767. The zero-order chi connectivity index (χ0) is 18.8. The van der Waals surface area contributed by atoms with E-state index in [4.69, 9.17) is 4.42 Å². The fourth-order valence-electron chi connectivity index (χ4n) is 3.17. The molecule has 0 saturated carbocycles. The van der Waals surface area contributed by atoms with Crippen LogP contribution in [0.3, 0.4) is 0 Å². The molecule has 0 unspecified atom stereocenters. The first kappa shape index (κ1) is 17.5. The molecule has 4 rings (SSSR count). The van der Waals surface area contributed by atoms with Gasteiger partial charge in [-0.25, -0.2) is 0 Å². The van der Waals surface area contributed by atoms with E-state index in [-0.39, 0.29) is 11.8 Å². The highest BCUT2D eigenvalue weighted by Crippen LogP contribution is 2.31. The lowest BCUT2D eigenvalue weighted by atomic mass is 10.1. The van der Waals surface area contributed by atoms with Gasteiger partial charge in [-0.3, -0.25) is 9.59 Å². The Morgan fingerprint density at radius 3 is 2.74 bits per heavy atom. The van der Waals surface area contributed by atoms with Crippen LogP contribution in [0.15, 0.2) is 52.3 Å². The van der Waals surface area contributed by atoms with Crippen molar-refractivity contribution in [2.24, 2.45) is 0 Å². The number of thiophene rings is 1. The minimum atomic E-state index is -0.00767. The van der Waals surface area contributed by atoms with Crippen LogP contribution in [0.5, 0.6) is 0 Å². The zero-order valence-electron chi connectivity index (χ0n) is 15.0. The van der Waals surface area contributed by atoms with Gasteiger partial charge in [0.05, 0.1) is 4.88 Å². The molecule has 0 saturated heterocycles. The van der Waals surface area contributed by atoms with Gasteiger partial charge >= 0.3 is 0 Å². The fraction of sp³-hybridized carbons (Fsp3) is 0.238. The number of nitrogens with one attached hydrogen (secondary N) is 1. The largest absolute Gasteiger partial charge is 0.461 e. The Balaban J connectivity index is 1.50. The van der Waals surface area contributed by atoms with Crippen LogP contribution < -0.4 is 5.32 Å². The summed E-state index contributed by atoms with van der Waals surface area (Å²) in [4.78, 5) is 26.7. The number of benzene rings is 1. The smallest absolute Gasteiger partial charge is 0.264 e. The molecule has 0 atom stereocenters. The Hall–Kier alpha value is -2.86. The van der Waals surface area contributed by atoms with E-state index in [0.29, 0.717) is 19.5 Å². The number of furan rings is 1. The number of amides is 2. The topological polar surface area (TPSA) is 62.6 Å². The monoisotopic (exact) mass is 380 g/mol. The van der Waals surface area contributed by atoms with Crippen LogP contribution in [-0.2, 0) is 17.8 Å². The first-order valence-electron chi connectivity index (χ1n) is 8.98. The molecule has 1 N–H and O–H groups in total. The Bertz CT molecular complexity index is 958. The summed E-state index contributed by atoms with van der Waals surface area (Å²) in [5.74, 6) is 1.81. The van der Waals surface area contributed by atoms with Crippen molar-refractivity contribution in [3.05, 3.63) is 64.0 Å². The van der Waals surface area contributed by atoms with Crippen molar-refractivity contribution in [3.63, 3.8) is 0 Å². The van der Waals surface area contributed by atoms with Crippen LogP contribution in [0.4, 0.5) is 5.69 Å². The predicted octanol–water partition coefficient (Wildman–Crippen LogP) is 4.56. The molecule has 0 radical (unpaired) electrons. The highest BCUT2D eigenvalue weighted by atomic mass is 32.1. The predicted molar refractivity (Wildman–Crippen MR) is 106 cm³/mol. The van der Waals surface area contributed by atoms with Crippen LogP contribution in [0.1, 0.15) is 34.3 Å². The maximum atomic E-state index is 12.6. The first-order chi connectivity index (χ1) is 13.1. The lowest BCUT2D eigenvalue weighted by Crippen LogP contribution is -2.35. The third-order valence-electron chi connectivity index (χ3n) is 4.66. The maximum Gasteiger partial charge on any atom is 0.264 e. The number of nitrogens with zero attached hydrogens (tertiary/aromatic N) is 1. The molecule has 0 spiro atoms. The number of fused-ring (bicyclic) bond motifs is 1. The van der Waals surface area contributed by atoms with Crippen LogP contribution in [0.2, 0.25) is 0 Å². The van der Waals surface area contributed by atoms with Gasteiger partial charge in [0.1, 0.15) is 11.5 Å². The third-order valence-corrected chi connectivity index (χ3v) is 5.52. The second kappa shape index (κ2) is 7.40. The molecular weight excluding hydrogens is 360 g/mol. The normalized spacial score (nSPS) is 13.3. The second-order valence-corrected chi connectivity index (χ2v) is 7.44. The van der Waals surface area contributed by atoms with E-state index < -0.39 is 0 Å². The summed E-state index contributed by atoms with van der Waals surface area (Å²) in [6.07, 6.45) is 1.17. The van der Waals surface area contributed by atoms with Crippen molar-refractivity contribution in [2.45, 2.75) is 26.3 Å². The van der Waals surface area contributed by atoms with Crippen molar-refractivity contribution < 1.29 is 14.0 Å². The summed E-state index contributed by atoms with van der Waals surface area (Å²) < 4.78 is 6.03. The van der Waals surface area contributed by atoms with Crippen molar-refractivity contribution >= 4 is 28.8 Å². The van der Waals surface area contributed by atoms with Crippen molar-refractivity contribution in [1.29, 1.82) is 0 Å². The first-order valence-corrected chi connectivity index (χ1v) is 9.86. The quantitative estimate of drug-likeness (QED) is 0.722. The van der Waals surface area contributed by atoms with Crippen molar-refractivity contribution in [3.8, 4) is 11.3 Å². The highest BCUT2D eigenvalue weighted by Gasteiger charge is 2.25. The average Bonchev–Trinajstić information content (AvgIpc) is 3.37. The van der Waals surface area contributed by atoms with Gasteiger partial charge in [-0.15, -0.1) is 11.3 Å². The molecule has 1 aliphatic rings. The highest BCUT2D eigenvalue weighted by molar-refractivity contribution is 7.12. The molecule has 2 aromatic heterocycles. The van der Waals surface area contributed by atoms with E-state index in [1.807, 2.05) is 59.7 Å². The van der Waals surface area contributed by atoms with Crippen molar-refractivity contribution in [2.75, 3.05) is 11.9 Å². The molecule has 0 bridgehead atoms. The molecule has 1 aliphatic heterocycles. The van der Waals surface area contributed by atoms with Gasteiger partial charge in [0.15, 0.2) is 0 Å². The van der Waals surface area contributed by atoms with Gasteiger partial charge < -0.3 is 14.6 Å². The van der Waals surface area contributed by atoms with Gasteiger partial charge in [-0.2, -0.15) is 0 Å². The molecule has 2 amide bonds. The van der Waals surface area contributed by atoms with Crippen molar-refractivity contribution in [1.82, 2.24) is 4.90 Å². The number of hydrogen-bond donors (Lipinski definition) is 1. The summed E-state index contributed by atoms with van der Waals surface area (Å²) >= 11 is 1.47. The molecule has 0 aliphatic carbocycles. The van der Waals surface area contributed by atoms with Crippen LogP contribution in [-0.4, -0.2) is 23.3 Å². The van der Waals surface area contributed by atoms with Gasteiger partial charge in [-0.05, 0) is 41.8 Å². The van der Waals surface area contributed by atoms with E-state index in [2.05, 4.69) is 5.32 Å². The van der Waals surface area contributed by atoms with Crippen LogP contribution in [0.25, 0.3) is 11.3 Å².